The van der Waals surface area contributed by atoms with E-state index in [1.54, 1.807) is 23.5 Å². The van der Waals surface area contributed by atoms with Gasteiger partial charge in [-0.1, -0.05) is 11.2 Å². The lowest BCUT2D eigenvalue weighted by molar-refractivity contribution is 0.187. The summed E-state index contributed by atoms with van der Waals surface area (Å²) in [6.45, 7) is 5.33. The SMILES string of the molecule is CC(C)n1ncc2cc(NC(=O)N3CCC(c4nc(-c5ccccn5)no4)CC3)cnc21. The monoisotopic (exact) mass is 432 g/mol. The summed E-state index contributed by atoms with van der Waals surface area (Å²) < 4.78 is 7.34. The Hall–Kier alpha value is -3.82. The summed E-state index contributed by atoms with van der Waals surface area (Å²) in [5.41, 5.74) is 2.15. The topological polar surface area (TPSA) is 115 Å². The minimum absolute atomic E-state index is 0.129. The van der Waals surface area contributed by atoms with Gasteiger partial charge >= 0.3 is 6.03 Å². The van der Waals surface area contributed by atoms with E-state index in [2.05, 4.69) is 44.4 Å². The van der Waals surface area contributed by atoms with Crippen LogP contribution in [0.2, 0.25) is 0 Å². The summed E-state index contributed by atoms with van der Waals surface area (Å²) in [4.78, 5) is 27.8. The van der Waals surface area contributed by atoms with Crippen LogP contribution in [0.15, 0.2) is 47.4 Å². The predicted octanol–water partition coefficient (Wildman–Crippen LogP) is 3.87. The molecule has 5 heterocycles. The number of pyridine rings is 2. The first-order valence-corrected chi connectivity index (χ1v) is 10.7. The number of hydrogen-bond donors (Lipinski definition) is 1. The van der Waals surface area contributed by atoms with E-state index in [0.29, 0.717) is 36.2 Å². The minimum Gasteiger partial charge on any atom is -0.339 e. The van der Waals surface area contributed by atoms with Crippen molar-refractivity contribution >= 4 is 22.8 Å². The molecule has 1 aliphatic heterocycles. The Morgan fingerprint density at radius 3 is 2.78 bits per heavy atom. The number of nitrogens with zero attached hydrogens (tertiary/aromatic N) is 7. The van der Waals surface area contributed by atoms with Gasteiger partial charge in [0.25, 0.3) is 0 Å². The van der Waals surface area contributed by atoms with Gasteiger partial charge in [0.15, 0.2) is 5.65 Å². The molecule has 10 heteroatoms. The fourth-order valence-electron chi connectivity index (χ4n) is 3.92. The third-order valence-electron chi connectivity index (χ3n) is 5.64. The lowest BCUT2D eigenvalue weighted by Crippen LogP contribution is -2.40. The number of nitrogens with one attached hydrogen (secondary N) is 1. The molecular formula is C22H24N8O2. The van der Waals surface area contributed by atoms with Crippen LogP contribution < -0.4 is 5.32 Å². The lowest BCUT2D eigenvalue weighted by Gasteiger charge is -2.30. The summed E-state index contributed by atoms with van der Waals surface area (Å²) in [7, 11) is 0. The van der Waals surface area contributed by atoms with Gasteiger partial charge in [-0.05, 0) is 44.9 Å². The molecule has 2 amide bonds. The maximum atomic E-state index is 12.8. The zero-order chi connectivity index (χ0) is 22.1. The zero-order valence-corrected chi connectivity index (χ0v) is 18.0. The first kappa shape index (κ1) is 20.1. The number of urea groups is 1. The van der Waals surface area contributed by atoms with Crippen molar-refractivity contribution in [3.05, 3.63) is 48.7 Å². The van der Waals surface area contributed by atoms with Crippen molar-refractivity contribution in [3.8, 4) is 11.5 Å². The number of carbonyl (C=O) groups is 1. The van der Waals surface area contributed by atoms with Crippen molar-refractivity contribution in [3.63, 3.8) is 0 Å². The number of carbonyl (C=O) groups excluding carboxylic acids is 1. The molecule has 1 saturated heterocycles. The van der Waals surface area contributed by atoms with Crippen LogP contribution in [-0.4, -0.2) is 53.9 Å². The molecule has 1 N–H and O–H groups in total. The van der Waals surface area contributed by atoms with Crippen LogP contribution in [0.1, 0.15) is 44.5 Å². The summed E-state index contributed by atoms with van der Waals surface area (Å²) in [6, 6.07) is 7.57. The second-order valence-corrected chi connectivity index (χ2v) is 8.18. The van der Waals surface area contributed by atoms with Crippen LogP contribution in [0.4, 0.5) is 10.5 Å². The molecule has 164 valence electrons. The summed E-state index contributed by atoms with van der Waals surface area (Å²) in [6.07, 6.45) is 6.66. The zero-order valence-electron chi connectivity index (χ0n) is 18.0. The maximum absolute atomic E-state index is 12.8. The van der Waals surface area contributed by atoms with E-state index < -0.39 is 0 Å². The number of anilines is 1. The summed E-state index contributed by atoms with van der Waals surface area (Å²) in [5, 5.41) is 12.3. The number of amides is 2. The van der Waals surface area contributed by atoms with E-state index in [1.165, 1.54) is 0 Å². The summed E-state index contributed by atoms with van der Waals surface area (Å²) >= 11 is 0. The van der Waals surface area contributed by atoms with Crippen molar-refractivity contribution in [2.45, 2.75) is 38.6 Å². The first-order valence-electron chi connectivity index (χ1n) is 10.7. The third-order valence-corrected chi connectivity index (χ3v) is 5.64. The largest absolute Gasteiger partial charge is 0.339 e. The van der Waals surface area contributed by atoms with Crippen molar-refractivity contribution in [2.75, 3.05) is 18.4 Å². The van der Waals surface area contributed by atoms with Gasteiger partial charge in [-0.3, -0.25) is 4.98 Å². The molecule has 0 atom stereocenters. The second kappa shape index (κ2) is 8.37. The third kappa shape index (κ3) is 3.91. The Kier molecular flexibility index (Phi) is 5.26. The lowest BCUT2D eigenvalue weighted by atomic mass is 9.97. The Morgan fingerprint density at radius 2 is 2.03 bits per heavy atom. The highest BCUT2D eigenvalue weighted by atomic mass is 16.5. The molecule has 0 radical (unpaired) electrons. The molecule has 10 nitrogen and oxygen atoms in total. The molecule has 0 bridgehead atoms. The van der Waals surface area contributed by atoms with E-state index in [0.717, 1.165) is 23.9 Å². The molecule has 0 saturated carbocycles. The van der Waals surface area contributed by atoms with E-state index in [4.69, 9.17) is 4.52 Å². The first-order chi connectivity index (χ1) is 15.6. The fraction of sp³-hybridized carbons (Fsp3) is 0.364. The van der Waals surface area contributed by atoms with Crippen LogP contribution in [0.5, 0.6) is 0 Å². The number of likely N-dealkylation sites (tertiary alicyclic amines) is 1. The predicted molar refractivity (Wildman–Crippen MR) is 118 cm³/mol. The number of hydrogen-bond acceptors (Lipinski definition) is 7. The van der Waals surface area contributed by atoms with E-state index in [9.17, 15) is 4.79 Å². The minimum atomic E-state index is -0.138. The Bertz CT molecular complexity index is 1230. The van der Waals surface area contributed by atoms with Crippen molar-refractivity contribution in [1.29, 1.82) is 0 Å². The van der Waals surface area contributed by atoms with Gasteiger partial charge in [0, 0.05) is 36.6 Å². The Balaban J connectivity index is 1.20. The molecular weight excluding hydrogens is 408 g/mol. The molecule has 0 aromatic carbocycles. The van der Waals surface area contributed by atoms with Crippen LogP contribution >= 0.6 is 0 Å². The quantitative estimate of drug-likeness (QED) is 0.520. The van der Waals surface area contributed by atoms with Gasteiger partial charge in [0.1, 0.15) is 5.69 Å². The van der Waals surface area contributed by atoms with Crippen LogP contribution in [-0.2, 0) is 0 Å². The van der Waals surface area contributed by atoms with Crippen molar-refractivity contribution in [2.24, 2.45) is 0 Å². The second-order valence-electron chi connectivity index (χ2n) is 8.18. The highest BCUT2D eigenvalue weighted by Crippen LogP contribution is 2.28. The maximum Gasteiger partial charge on any atom is 0.321 e. The molecule has 0 unspecified atom stereocenters. The van der Waals surface area contributed by atoms with Gasteiger partial charge in [0.2, 0.25) is 11.7 Å². The number of rotatable bonds is 4. The van der Waals surface area contributed by atoms with Crippen LogP contribution in [0, 0.1) is 0 Å². The number of fused-ring (bicyclic) bond motifs is 1. The van der Waals surface area contributed by atoms with Crippen LogP contribution in [0.25, 0.3) is 22.6 Å². The van der Waals surface area contributed by atoms with E-state index >= 15 is 0 Å². The molecule has 0 spiro atoms. The molecule has 4 aromatic heterocycles. The Labute approximate surface area is 184 Å². The van der Waals surface area contributed by atoms with Crippen molar-refractivity contribution < 1.29 is 9.32 Å². The van der Waals surface area contributed by atoms with Crippen molar-refractivity contribution in [1.82, 2.24) is 34.8 Å². The van der Waals surface area contributed by atoms with Gasteiger partial charge in [-0.15, -0.1) is 0 Å². The summed E-state index contributed by atoms with van der Waals surface area (Å²) in [5.74, 6) is 1.22. The number of piperidine rings is 1. The number of aromatic nitrogens is 6. The molecule has 1 aliphatic rings. The Morgan fingerprint density at radius 1 is 1.19 bits per heavy atom. The van der Waals surface area contributed by atoms with Gasteiger partial charge in [-0.2, -0.15) is 10.1 Å². The van der Waals surface area contributed by atoms with Crippen LogP contribution in [0.3, 0.4) is 0 Å². The standard InChI is InChI=1S/C22H24N8O2/c1-14(2)30-20-16(12-25-30)11-17(13-24-20)26-22(31)29-9-6-15(7-10-29)21-27-19(28-32-21)18-5-3-4-8-23-18/h3-5,8,11-15H,6-7,9-10H2,1-2H3,(H,26,31). The van der Waals surface area contributed by atoms with Gasteiger partial charge in [-0.25, -0.2) is 14.5 Å². The smallest absolute Gasteiger partial charge is 0.321 e. The molecule has 5 rings (SSSR count). The van der Waals surface area contributed by atoms with Gasteiger partial charge < -0.3 is 14.7 Å². The fourth-order valence-corrected chi connectivity index (χ4v) is 3.92. The highest BCUT2D eigenvalue weighted by molar-refractivity contribution is 5.91. The average molecular weight is 432 g/mol. The molecule has 0 aliphatic carbocycles. The highest BCUT2D eigenvalue weighted by Gasteiger charge is 2.28. The van der Waals surface area contributed by atoms with Gasteiger partial charge in [0.05, 0.1) is 18.1 Å². The average Bonchev–Trinajstić information content (AvgIpc) is 3.47. The molecule has 32 heavy (non-hydrogen) atoms. The van der Waals surface area contributed by atoms with E-state index in [-0.39, 0.29) is 18.0 Å². The van der Waals surface area contributed by atoms with E-state index in [1.807, 2.05) is 28.9 Å². The molecule has 4 aromatic rings. The normalized spacial score (nSPS) is 14.9. The molecule has 1 fully saturated rings.